The van der Waals surface area contributed by atoms with Crippen LogP contribution in [-0.4, -0.2) is 24.2 Å². The van der Waals surface area contributed by atoms with Crippen LogP contribution in [-0.2, 0) is 4.74 Å². The molecule has 0 aromatic heterocycles. The molecule has 0 saturated heterocycles. The predicted molar refractivity (Wildman–Crippen MR) is 124 cm³/mol. The number of benzene rings is 3. The van der Waals surface area contributed by atoms with Crippen molar-refractivity contribution >= 4 is 23.5 Å². The van der Waals surface area contributed by atoms with Gasteiger partial charge in [0.25, 0.3) is 5.69 Å². The number of anilines is 1. The Morgan fingerprint density at radius 2 is 1.75 bits per heavy atom. The smallest absolute Gasteiger partial charge is 0.407 e. The SMILES string of the molecule is Cc1cc([N+](=O)[O-])cc(C=CCNC(=O)OCC2c3ccccc3-c3ccccc32)c1N. The Kier molecular flexibility index (Phi) is 5.89. The summed E-state index contributed by atoms with van der Waals surface area (Å²) < 4.78 is 5.49. The Bertz CT molecular complexity index is 1170. The van der Waals surface area contributed by atoms with E-state index in [1.54, 1.807) is 19.1 Å². The molecule has 0 atom stereocenters. The van der Waals surface area contributed by atoms with Crippen LogP contribution in [0.3, 0.4) is 0 Å². The number of amides is 1. The van der Waals surface area contributed by atoms with Gasteiger partial charge >= 0.3 is 6.09 Å². The lowest BCUT2D eigenvalue weighted by atomic mass is 9.98. The zero-order chi connectivity index (χ0) is 22.7. The Hall–Kier alpha value is -4.13. The number of nitrogens with one attached hydrogen (secondary N) is 1. The van der Waals surface area contributed by atoms with Gasteiger partial charge in [0.05, 0.1) is 4.92 Å². The summed E-state index contributed by atoms with van der Waals surface area (Å²) in [6.07, 6.45) is 2.80. The maximum atomic E-state index is 12.2. The van der Waals surface area contributed by atoms with Gasteiger partial charge in [-0.1, -0.05) is 60.7 Å². The number of carbonyl (C=O) groups is 1. The molecule has 0 heterocycles. The number of nitrogens with zero attached hydrogens (tertiary/aromatic N) is 1. The van der Waals surface area contributed by atoms with Crippen LogP contribution < -0.4 is 11.1 Å². The second-order valence-corrected chi connectivity index (χ2v) is 7.63. The quantitative estimate of drug-likeness (QED) is 0.324. The van der Waals surface area contributed by atoms with E-state index in [0.29, 0.717) is 16.8 Å². The number of nitro groups is 1. The second kappa shape index (κ2) is 8.93. The van der Waals surface area contributed by atoms with Crippen LogP contribution in [0.1, 0.15) is 28.2 Å². The van der Waals surface area contributed by atoms with E-state index in [0.717, 1.165) is 11.1 Å². The molecule has 3 aromatic rings. The summed E-state index contributed by atoms with van der Waals surface area (Å²) in [5, 5.41) is 13.7. The molecule has 0 aliphatic heterocycles. The molecule has 162 valence electrons. The normalized spacial score (nSPS) is 12.4. The summed E-state index contributed by atoms with van der Waals surface area (Å²) in [7, 11) is 0. The van der Waals surface area contributed by atoms with Crippen molar-refractivity contribution in [2.75, 3.05) is 18.9 Å². The average molecular weight is 429 g/mol. The Labute approximate surface area is 185 Å². The highest BCUT2D eigenvalue weighted by atomic mass is 16.6. The second-order valence-electron chi connectivity index (χ2n) is 7.63. The first-order chi connectivity index (χ1) is 15.5. The maximum Gasteiger partial charge on any atom is 0.407 e. The van der Waals surface area contributed by atoms with Crippen molar-refractivity contribution < 1.29 is 14.5 Å². The van der Waals surface area contributed by atoms with E-state index < -0.39 is 11.0 Å². The van der Waals surface area contributed by atoms with E-state index in [1.807, 2.05) is 24.3 Å². The molecule has 4 rings (SSSR count). The van der Waals surface area contributed by atoms with E-state index in [-0.39, 0.29) is 24.8 Å². The fourth-order valence-electron chi connectivity index (χ4n) is 4.03. The summed E-state index contributed by atoms with van der Waals surface area (Å²) in [5.41, 5.74) is 12.2. The molecule has 1 amide bonds. The molecule has 0 saturated carbocycles. The zero-order valence-corrected chi connectivity index (χ0v) is 17.6. The fourth-order valence-corrected chi connectivity index (χ4v) is 4.03. The van der Waals surface area contributed by atoms with Gasteiger partial charge in [0.2, 0.25) is 0 Å². The largest absolute Gasteiger partial charge is 0.449 e. The number of nitrogen functional groups attached to an aromatic ring is 1. The van der Waals surface area contributed by atoms with Crippen molar-refractivity contribution in [2.45, 2.75) is 12.8 Å². The molecule has 1 aliphatic carbocycles. The zero-order valence-electron chi connectivity index (χ0n) is 17.6. The molecule has 0 unspecified atom stereocenters. The van der Waals surface area contributed by atoms with E-state index in [2.05, 4.69) is 29.6 Å². The topological polar surface area (TPSA) is 107 Å². The highest BCUT2D eigenvalue weighted by molar-refractivity contribution is 5.79. The predicted octanol–water partition coefficient (Wildman–Crippen LogP) is 5.04. The number of rotatable bonds is 6. The van der Waals surface area contributed by atoms with Crippen LogP contribution in [0.25, 0.3) is 17.2 Å². The molecule has 0 bridgehead atoms. The van der Waals surface area contributed by atoms with Gasteiger partial charge in [-0.25, -0.2) is 4.79 Å². The molecular formula is C25H23N3O4. The van der Waals surface area contributed by atoms with Gasteiger partial charge in [-0.3, -0.25) is 10.1 Å². The monoisotopic (exact) mass is 429 g/mol. The first-order valence-electron chi connectivity index (χ1n) is 10.3. The maximum absolute atomic E-state index is 12.2. The van der Waals surface area contributed by atoms with Crippen molar-refractivity contribution in [1.29, 1.82) is 0 Å². The van der Waals surface area contributed by atoms with Crippen LogP contribution in [0, 0.1) is 17.0 Å². The van der Waals surface area contributed by atoms with E-state index in [1.165, 1.54) is 23.3 Å². The number of hydrogen-bond acceptors (Lipinski definition) is 5. The summed E-state index contributed by atoms with van der Waals surface area (Å²) in [5.74, 6) is -0.00339. The average Bonchev–Trinajstić information content (AvgIpc) is 3.11. The first-order valence-corrected chi connectivity index (χ1v) is 10.3. The van der Waals surface area contributed by atoms with Crippen molar-refractivity contribution in [2.24, 2.45) is 0 Å². The Morgan fingerprint density at radius 1 is 1.12 bits per heavy atom. The lowest BCUT2D eigenvalue weighted by Crippen LogP contribution is -2.26. The minimum atomic E-state index is -0.528. The number of nitrogens with two attached hydrogens (primary N) is 1. The lowest BCUT2D eigenvalue weighted by molar-refractivity contribution is -0.384. The van der Waals surface area contributed by atoms with Crippen LogP contribution >= 0.6 is 0 Å². The summed E-state index contributed by atoms with van der Waals surface area (Å²) in [6, 6.07) is 19.1. The summed E-state index contributed by atoms with van der Waals surface area (Å²) in [6.45, 7) is 2.16. The van der Waals surface area contributed by atoms with E-state index in [9.17, 15) is 14.9 Å². The molecule has 0 spiro atoms. The van der Waals surface area contributed by atoms with Crippen LogP contribution in [0.15, 0.2) is 66.7 Å². The number of carbonyl (C=O) groups excluding carboxylic acids is 1. The van der Waals surface area contributed by atoms with E-state index in [4.69, 9.17) is 10.5 Å². The van der Waals surface area contributed by atoms with E-state index >= 15 is 0 Å². The minimum absolute atomic E-state index is 0.00339. The number of ether oxygens (including phenoxy) is 1. The molecule has 7 nitrogen and oxygen atoms in total. The molecule has 3 N–H and O–H groups in total. The molecule has 32 heavy (non-hydrogen) atoms. The van der Waals surface area contributed by atoms with Gasteiger partial charge in [-0.2, -0.15) is 0 Å². The number of non-ortho nitro benzene ring substituents is 1. The number of hydrogen-bond donors (Lipinski definition) is 2. The van der Waals surface area contributed by atoms with Gasteiger partial charge in [0, 0.05) is 35.8 Å². The summed E-state index contributed by atoms with van der Waals surface area (Å²) >= 11 is 0. The first kappa shape index (κ1) is 21.1. The highest BCUT2D eigenvalue weighted by Gasteiger charge is 2.28. The van der Waals surface area contributed by atoms with Crippen molar-refractivity contribution in [3.05, 3.63) is 99.1 Å². The highest BCUT2D eigenvalue weighted by Crippen LogP contribution is 2.44. The molecule has 7 heteroatoms. The molecule has 0 fully saturated rings. The number of fused-ring (bicyclic) bond motifs is 3. The molecule has 0 radical (unpaired) electrons. The van der Waals surface area contributed by atoms with Gasteiger partial charge in [-0.15, -0.1) is 0 Å². The van der Waals surface area contributed by atoms with Crippen molar-refractivity contribution in [3.8, 4) is 11.1 Å². The van der Waals surface area contributed by atoms with Crippen molar-refractivity contribution in [3.63, 3.8) is 0 Å². The van der Waals surface area contributed by atoms with Crippen LogP contribution in [0.4, 0.5) is 16.2 Å². The van der Waals surface area contributed by atoms with Gasteiger partial charge in [0.15, 0.2) is 0 Å². The Balaban J connectivity index is 1.36. The number of aryl methyl sites for hydroxylation is 1. The fraction of sp³-hybridized carbons (Fsp3) is 0.160. The third-order valence-electron chi connectivity index (χ3n) is 5.62. The van der Waals surface area contributed by atoms with Gasteiger partial charge in [0.1, 0.15) is 6.61 Å². The van der Waals surface area contributed by atoms with Crippen LogP contribution in [0.2, 0.25) is 0 Å². The Morgan fingerprint density at radius 3 is 2.38 bits per heavy atom. The molecular weight excluding hydrogens is 406 g/mol. The number of nitro benzene ring substituents is 1. The van der Waals surface area contributed by atoms with Crippen LogP contribution in [0.5, 0.6) is 0 Å². The third kappa shape index (κ3) is 4.18. The number of alkyl carbamates (subject to hydrolysis) is 1. The molecule has 3 aromatic carbocycles. The summed E-state index contributed by atoms with van der Waals surface area (Å²) in [4.78, 5) is 22.8. The minimum Gasteiger partial charge on any atom is -0.449 e. The van der Waals surface area contributed by atoms with Gasteiger partial charge < -0.3 is 15.8 Å². The third-order valence-corrected chi connectivity index (χ3v) is 5.62. The standard InChI is InChI=1S/C25H23N3O4/c1-16-13-18(28(30)31)14-17(24(16)26)7-6-12-27-25(29)32-15-23-21-10-4-2-8-19(21)20-9-3-5-11-22(20)23/h2-11,13-14,23H,12,15,26H2,1H3,(H,27,29). The van der Waals surface area contributed by atoms with Crippen molar-refractivity contribution in [1.82, 2.24) is 5.32 Å². The van der Waals surface area contributed by atoms with Gasteiger partial charge in [-0.05, 0) is 34.7 Å². The lowest BCUT2D eigenvalue weighted by Gasteiger charge is -2.14. The molecule has 1 aliphatic rings.